The van der Waals surface area contributed by atoms with Crippen LogP contribution in [-0.2, 0) is 14.8 Å². The van der Waals surface area contributed by atoms with Crippen molar-refractivity contribution < 1.29 is 17.9 Å². The molecule has 1 atom stereocenters. The molecular weight excluding hydrogens is 424 g/mol. The first-order chi connectivity index (χ1) is 15.1. The Bertz CT molecular complexity index is 1060. The molecule has 0 unspecified atom stereocenters. The number of sulfonamides is 1. The lowest BCUT2D eigenvalue weighted by Gasteiger charge is -2.41. The largest absolute Gasteiger partial charge is 0.487 e. The van der Waals surface area contributed by atoms with E-state index in [1.807, 2.05) is 50.2 Å². The molecule has 1 aliphatic heterocycles. The van der Waals surface area contributed by atoms with Crippen LogP contribution in [-0.4, -0.2) is 32.7 Å². The van der Waals surface area contributed by atoms with Gasteiger partial charge in [0.15, 0.2) is 0 Å². The van der Waals surface area contributed by atoms with Crippen LogP contribution in [0, 0.1) is 0 Å². The van der Waals surface area contributed by atoms with E-state index in [1.165, 1.54) is 4.31 Å². The van der Waals surface area contributed by atoms with Gasteiger partial charge in [0.2, 0.25) is 15.9 Å². The predicted molar refractivity (Wildman–Crippen MR) is 129 cm³/mol. The number of nitrogens with zero attached hydrogens (tertiary/aromatic N) is 1. The summed E-state index contributed by atoms with van der Waals surface area (Å²) in [5.74, 6) is 0.560. The minimum Gasteiger partial charge on any atom is -0.487 e. The molecule has 2 aromatic carbocycles. The number of ether oxygens (including phenoxy) is 1. The standard InChI is InChI=1S/C25H34N2O4S/c1-6-25(7-2)16-21(20-13-9-11-15-23(20)31-25)26-24(28)17-27(32(5,29)30)22-14-10-8-12-19(22)18(3)4/h8-15,18,21H,6-7,16-17H2,1-5H3,(H,26,28)/t21-/m1/s1. The Morgan fingerprint density at radius 2 is 1.75 bits per heavy atom. The maximum Gasteiger partial charge on any atom is 0.241 e. The third kappa shape index (κ3) is 5.09. The van der Waals surface area contributed by atoms with Crippen molar-refractivity contribution in [2.45, 2.75) is 64.5 Å². The number of anilines is 1. The van der Waals surface area contributed by atoms with Crippen LogP contribution in [0.4, 0.5) is 5.69 Å². The van der Waals surface area contributed by atoms with Crippen LogP contribution in [0.2, 0.25) is 0 Å². The fourth-order valence-electron chi connectivity index (χ4n) is 4.38. The number of rotatable bonds is 8. The van der Waals surface area contributed by atoms with Crippen LogP contribution in [0.25, 0.3) is 0 Å². The van der Waals surface area contributed by atoms with E-state index in [0.717, 1.165) is 36.0 Å². The Kier molecular flexibility index (Phi) is 7.18. The first-order valence-corrected chi connectivity index (χ1v) is 13.1. The molecule has 3 rings (SSSR count). The molecule has 0 fully saturated rings. The molecule has 1 amide bonds. The van der Waals surface area contributed by atoms with Crippen LogP contribution >= 0.6 is 0 Å². The molecule has 0 aliphatic carbocycles. The van der Waals surface area contributed by atoms with Gasteiger partial charge in [0.25, 0.3) is 0 Å². The van der Waals surface area contributed by atoms with Gasteiger partial charge in [0, 0.05) is 12.0 Å². The number of nitrogens with one attached hydrogen (secondary N) is 1. The van der Waals surface area contributed by atoms with Crippen molar-refractivity contribution >= 4 is 21.6 Å². The van der Waals surface area contributed by atoms with Crippen LogP contribution < -0.4 is 14.4 Å². The van der Waals surface area contributed by atoms with Crippen LogP contribution in [0.5, 0.6) is 5.75 Å². The zero-order valence-corrected chi connectivity index (χ0v) is 20.4. The van der Waals surface area contributed by atoms with E-state index in [-0.39, 0.29) is 30.0 Å². The molecule has 0 spiro atoms. The van der Waals surface area contributed by atoms with Crippen molar-refractivity contribution in [3.05, 3.63) is 59.7 Å². The van der Waals surface area contributed by atoms with Crippen molar-refractivity contribution in [2.75, 3.05) is 17.1 Å². The van der Waals surface area contributed by atoms with Crippen molar-refractivity contribution in [1.82, 2.24) is 5.32 Å². The first-order valence-electron chi connectivity index (χ1n) is 11.2. The smallest absolute Gasteiger partial charge is 0.241 e. The molecule has 32 heavy (non-hydrogen) atoms. The van der Waals surface area contributed by atoms with Gasteiger partial charge in [-0.3, -0.25) is 9.10 Å². The second kappa shape index (κ2) is 9.53. The Labute approximate surface area is 192 Å². The van der Waals surface area contributed by atoms with Crippen LogP contribution in [0.15, 0.2) is 48.5 Å². The SMILES string of the molecule is CCC1(CC)C[C@@H](NC(=O)CN(c2ccccc2C(C)C)S(C)(=O)=O)c2ccccc2O1. The average molecular weight is 459 g/mol. The number of carbonyl (C=O) groups excluding carboxylic acids is 1. The van der Waals surface area contributed by atoms with Crippen molar-refractivity contribution in [3.63, 3.8) is 0 Å². The highest BCUT2D eigenvalue weighted by atomic mass is 32.2. The average Bonchev–Trinajstić information content (AvgIpc) is 2.76. The Balaban J connectivity index is 1.89. The highest BCUT2D eigenvalue weighted by molar-refractivity contribution is 7.92. The van der Waals surface area contributed by atoms with Gasteiger partial charge in [0.05, 0.1) is 18.0 Å². The number of hydrogen-bond donors (Lipinski definition) is 1. The zero-order chi connectivity index (χ0) is 23.5. The summed E-state index contributed by atoms with van der Waals surface area (Å²) < 4.78 is 32.8. The summed E-state index contributed by atoms with van der Waals surface area (Å²) in [6.45, 7) is 7.92. The van der Waals surface area contributed by atoms with Gasteiger partial charge in [-0.1, -0.05) is 64.1 Å². The zero-order valence-electron chi connectivity index (χ0n) is 19.6. The molecular formula is C25H34N2O4S. The van der Waals surface area contributed by atoms with Gasteiger partial charge in [-0.05, 0) is 36.5 Å². The van der Waals surface area contributed by atoms with E-state index >= 15 is 0 Å². The molecule has 0 bridgehead atoms. The molecule has 1 N–H and O–H groups in total. The lowest BCUT2D eigenvalue weighted by Crippen LogP contribution is -2.47. The number of para-hydroxylation sites is 2. The second-order valence-corrected chi connectivity index (χ2v) is 10.7. The molecule has 0 saturated heterocycles. The highest BCUT2D eigenvalue weighted by Gasteiger charge is 2.39. The van der Waals surface area contributed by atoms with Crippen molar-refractivity contribution in [1.29, 1.82) is 0 Å². The maximum atomic E-state index is 13.2. The number of benzene rings is 2. The maximum absolute atomic E-state index is 13.2. The fourth-order valence-corrected chi connectivity index (χ4v) is 5.26. The van der Waals surface area contributed by atoms with Gasteiger partial charge < -0.3 is 10.1 Å². The lowest BCUT2D eigenvalue weighted by atomic mass is 9.83. The number of fused-ring (bicyclic) bond motifs is 1. The molecule has 174 valence electrons. The molecule has 1 heterocycles. The summed E-state index contributed by atoms with van der Waals surface area (Å²) in [7, 11) is -3.65. The minimum atomic E-state index is -3.65. The third-order valence-corrected chi connectivity index (χ3v) is 7.46. The molecule has 2 aromatic rings. The lowest BCUT2D eigenvalue weighted by molar-refractivity contribution is -0.121. The van der Waals surface area contributed by atoms with E-state index in [9.17, 15) is 13.2 Å². The van der Waals surface area contributed by atoms with E-state index < -0.39 is 10.0 Å². The van der Waals surface area contributed by atoms with Gasteiger partial charge in [-0.25, -0.2) is 8.42 Å². The van der Waals surface area contributed by atoms with Gasteiger partial charge >= 0.3 is 0 Å². The van der Waals surface area contributed by atoms with Crippen molar-refractivity contribution in [3.8, 4) is 5.75 Å². The monoisotopic (exact) mass is 458 g/mol. The molecule has 1 aliphatic rings. The van der Waals surface area contributed by atoms with Crippen LogP contribution in [0.1, 0.15) is 70.0 Å². The van der Waals surface area contributed by atoms with E-state index in [4.69, 9.17) is 4.74 Å². The van der Waals surface area contributed by atoms with Crippen molar-refractivity contribution in [2.24, 2.45) is 0 Å². The normalized spacial score (nSPS) is 17.4. The molecule has 0 radical (unpaired) electrons. The van der Waals surface area contributed by atoms with Crippen LogP contribution in [0.3, 0.4) is 0 Å². The van der Waals surface area contributed by atoms with E-state index in [2.05, 4.69) is 19.2 Å². The summed E-state index contributed by atoms with van der Waals surface area (Å²) in [5, 5.41) is 3.09. The number of amides is 1. The molecule has 0 aromatic heterocycles. The van der Waals surface area contributed by atoms with E-state index in [0.29, 0.717) is 12.1 Å². The quantitative estimate of drug-likeness (QED) is 0.618. The summed E-state index contributed by atoms with van der Waals surface area (Å²) in [5.41, 5.74) is 2.00. The third-order valence-electron chi connectivity index (χ3n) is 6.34. The minimum absolute atomic E-state index is 0.121. The van der Waals surface area contributed by atoms with E-state index in [1.54, 1.807) is 12.1 Å². The Morgan fingerprint density at radius 1 is 1.12 bits per heavy atom. The second-order valence-electron chi connectivity index (χ2n) is 8.84. The van der Waals surface area contributed by atoms with Gasteiger partial charge in [-0.15, -0.1) is 0 Å². The fraction of sp³-hybridized carbons (Fsp3) is 0.480. The molecule has 7 heteroatoms. The first kappa shape index (κ1) is 24.1. The Hall–Kier alpha value is -2.54. The summed E-state index contributed by atoms with van der Waals surface area (Å²) in [6.07, 6.45) is 3.42. The Morgan fingerprint density at radius 3 is 2.38 bits per heavy atom. The molecule has 0 saturated carbocycles. The van der Waals surface area contributed by atoms with Gasteiger partial charge in [0.1, 0.15) is 17.9 Å². The highest BCUT2D eigenvalue weighted by Crippen LogP contribution is 2.42. The number of hydrogen-bond acceptors (Lipinski definition) is 4. The summed E-state index contributed by atoms with van der Waals surface area (Å²) in [4.78, 5) is 13.2. The molecule has 6 nitrogen and oxygen atoms in total. The predicted octanol–water partition coefficient (Wildman–Crippen LogP) is 4.77. The topological polar surface area (TPSA) is 75.7 Å². The van der Waals surface area contributed by atoms with Gasteiger partial charge in [-0.2, -0.15) is 0 Å². The summed E-state index contributed by atoms with van der Waals surface area (Å²) >= 11 is 0. The summed E-state index contributed by atoms with van der Waals surface area (Å²) in [6, 6.07) is 14.8. The number of carbonyl (C=O) groups is 1.